The van der Waals surface area contributed by atoms with E-state index in [9.17, 15) is 4.79 Å². The summed E-state index contributed by atoms with van der Waals surface area (Å²) < 4.78 is 1.86. The van der Waals surface area contributed by atoms with Gasteiger partial charge in [0.2, 0.25) is 0 Å². The van der Waals surface area contributed by atoms with Crippen molar-refractivity contribution in [3.05, 3.63) is 16.3 Å². The molecule has 4 heteroatoms. The molecule has 0 aromatic carbocycles. The van der Waals surface area contributed by atoms with E-state index in [2.05, 4.69) is 10.2 Å². The van der Waals surface area contributed by atoms with Crippen molar-refractivity contribution in [2.24, 2.45) is 5.92 Å². The number of nitrogens with one attached hydrogen (secondary N) is 1. The van der Waals surface area contributed by atoms with E-state index in [-0.39, 0.29) is 5.69 Å². The van der Waals surface area contributed by atoms with Gasteiger partial charge in [0.05, 0.1) is 0 Å². The van der Waals surface area contributed by atoms with Crippen LogP contribution in [-0.4, -0.2) is 14.8 Å². The highest BCUT2D eigenvalue weighted by Gasteiger charge is 2.29. The van der Waals surface area contributed by atoms with Gasteiger partial charge in [0.25, 0.3) is 0 Å². The van der Waals surface area contributed by atoms with Crippen LogP contribution >= 0.6 is 0 Å². The first kappa shape index (κ1) is 8.26. The minimum absolute atomic E-state index is 0.0150. The summed E-state index contributed by atoms with van der Waals surface area (Å²) in [5.41, 5.74) is -0.0150. The summed E-state index contributed by atoms with van der Waals surface area (Å²) in [7, 11) is 0. The lowest BCUT2D eigenvalue weighted by molar-refractivity contribution is 0.381. The molecule has 0 aliphatic heterocycles. The van der Waals surface area contributed by atoms with Crippen molar-refractivity contribution < 1.29 is 0 Å². The fraction of sp³-hybridized carbons (Fsp3) is 0.800. The number of aromatic nitrogens is 3. The van der Waals surface area contributed by atoms with Gasteiger partial charge in [-0.05, 0) is 31.6 Å². The number of H-pyrrole nitrogens is 1. The van der Waals surface area contributed by atoms with E-state index in [1.807, 2.05) is 4.57 Å². The Labute approximate surface area is 82.3 Å². The molecule has 0 unspecified atom stereocenters. The van der Waals surface area contributed by atoms with Crippen LogP contribution in [0.25, 0.3) is 0 Å². The summed E-state index contributed by atoms with van der Waals surface area (Å²) in [5, 5.41) is 6.72. The molecule has 2 fully saturated rings. The molecular weight excluding hydrogens is 178 g/mol. The first-order valence-electron chi connectivity index (χ1n) is 5.49. The molecule has 1 aromatic heterocycles. The largest absolute Gasteiger partial charge is 0.343 e. The number of aromatic amines is 1. The Kier molecular flexibility index (Phi) is 1.75. The molecule has 1 heterocycles. The van der Waals surface area contributed by atoms with Crippen LogP contribution < -0.4 is 5.69 Å². The predicted octanol–water partition coefficient (Wildman–Crippen LogP) is 1.25. The number of hydrogen-bond acceptors (Lipinski definition) is 2. The second kappa shape index (κ2) is 2.97. The average molecular weight is 193 g/mol. The van der Waals surface area contributed by atoms with Crippen LogP contribution in [0.4, 0.5) is 0 Å². The second-order valence-electron chi connectivity index (χ2n) is 4.57. The van der Waals surface area contributed by atoms with Gasteiger partial charge in [0.15, 0.2) is 0 Å². The maximum absolute atomic E-state index is 11.5. The van der Waals surface area contributed by atoms with Crippen LogP contribution in [0.3, 0.4) is 0 Å². The average Bonchev–Trinajstić information content (AvgIpc) is 2.82. The maximum Gasteiger partial charge on any atom is 0.343 e. The minimum Gasteiger partial charge on any atom is -0.279 e. The lowest BCUT2D eigenvalue weighted by Crippen LogP contribution is -2.23. The van der Waals surface area contributed by atoms with Gasteiger partial charge < -0.3 is 0 Å². The molecule has 1 aromatic rings. The number of rotatable bonds is 3. The third-order valence-electron chi connectivity index (χ3n) is 3.40. The molecule has 4 nitrogen and oxygen atoms in total. The highest BCUT2D eigenvalue weighted by Crippen LogP contribution is 2.36. The van der Waals surface area contributed by atoms with E-state index in [1.54, 1.807) is 0 Å². The standard InChI is InChI=1S/C10H15N3O/c14-10-12-11-9(8-2-1-3-8)13(10)6-7-4-5-7/h7-8H,1-6H2,(H,12,14). The molecule has 0 amide bonds. The van der Waals surface area contributed by atoms with Gasteiger partial charge in [-0.15, -0.1) is 0 Å². The monoisotopic (exact) mass is 193 g/mol. The predicted molar refractivity (Wildman–Crippen MR) is 52.2 cm³/mol. The van der Waals surface area contributed by atoms with Crippen molar-refractivity contribution in [3.8, 4) is 0 Å². The zero-order chi connectivity index (χ0) is 9.54. The molecule has 0 spiro atoms. The molecule has 0 saturated heterocycles. The SMILES string of the molecule is O=c1[nH]nc(C2CCC2)n1CC1CC1. The molecule has 3 rings (SSSR count). The molecule has 0 radical (unpaired) electrons. The Morgan fingerprint density at radius 1 is 1.36 bits per heavy atom. The molecule has 14 heavy (non-hydrogen) atoms. The Morgan fingerprint density at radius 2 is 2.14 bits per heavy atom. The smallest absolute Gasteiger partial charge is 0.279 e. The van der Waals surface area contributed by atoms with Gasteiger partial charge in [-0.3, -0.25) is 4.57 Å². The van der Waals surface area contributed by atoms with Crippen LogP contribution in [0.5, 0.6) is 0 Å². The topological polar surface area (TPSA) is 50.7 Å². The van der Waals surface area contributed by atoms with Crippen molar-refractivity contribution in [1.82, 2.24) is 14.8 Å². The fourth-order valence-corrected chi connectivity index (χ4v) is 2.04. The summed E-state index contributed by atoms with van der Waals surface area (Å²) in [6, 6.07) is 0. The molecular formula is C10H15N3O. The van der Waals surface area contributed by atoms with Gasteiger partial charge in [-0.25, -0.2) is 9.89 Å². The van der Waals surface area contributed by atoms with Crippen molar-refractivity contribution in [1.29, 1.82) is 0 Å². The first-order chi connectivity index (χ1) is 6.84. The van der Waals surface area contributed by atoms with Gasteiger partial charge in [0.1, 0.15) is 5.82 Å². The molecule has 1 N–H and O–H groups in total. The van der Waals surface area contributed by atoms with Gasteiger partial charge in [-0.1, -0.05) is 6.42 Å². The van der Waals surface area contributed by atoms with E-state index in [4.69, 9.17) is 0 Å². The minimum atomic E-state index is -0.0150. The van der Waals surface area contributed by atoms with Crippen molar-refractivity contribution in [3.63, 3.8) is 0 Å². The highest BCUT2D eigenvalue weighted by atomic mass is 16.1. The number of nitrogens with zero attached hydrogens (tertiary/aromatic N) is 2. The fourth-order valence-electron chi connectivity index (χ4n) is 2.04. The Morgan fingerprint density at radius 3 is 2.71 bits per heavy atom. The lowest BCUT2D eigenvalue weighted by atomic mass is 9.85. The van der Waals surface area contributed by atoms with Crippen LogP contribution in [0.15, 0.2) is 4.79 Å². The van der Waals surface area contributed by atoms with Crippen molar-refractivity contribution in [2.75, 3.05) is 0 Å². The molecule has 2 aliphatic rings. The van der Waals surface area contributed by atoms with Crippen LogP contribution in [0, 0.1) is 5.92 Å². The van der Waals surface area contributed by atoms with E-state index >= 15 is 0 Å². The summed E-state index contributed by atoms with van der Waals surface area (Å²) in [6.45, 7) is 0.890. The van der Waals surface area contributed by atoms with E-state index < -0.39 is 0 Å². The van der Waals surface area contributed by atoms with Crippen LogP contribution in [-0.2, 0) is 6.54 Å². The molecule has 0 bridgehead atoms. The summed E-state index contributed by atoms with van der Waals surface area (Å²) in [5.74, 6) is 2.30. The van der Waals surface area contributed by atoms with Gasteiger partial charge in [0, 0.05) is 12.5 Å². The van der Waals surface area contributed by atoms with E-state index in [0.717, 1.165) is 18.3 Å². The third-order valence-corrected chi connectivity index (χ3v) is 3.40. The van der Waals surface area contributed by atoms with E-state index in [0.29, 0.717) is 5.92 Å². The summed E-state index contributed by atoms with van der Waals surface area (Å²) in [6.07, 6.45) is 6.25. The zero-order valence-electron chi connectivity index (χ0n) is 8.20. The normalized spacial score (nSPS) is 22.3. The Bertz CT molecular complexity index is 384. The van der Waals surface area contributed by atoms with Crippen LogP contribution in [0.2, 0.25) is 0 Å². The van der Waals surface area contributed by atoms with Crippen molar-refractivity contribution in [2.45, 2.75) is 44.6 Å². The zero-order valence-corrected chi connectivity index (χ0v) is 8.20. The Balaban J connectivity index is 1.88. The second-order valence-corrected chi connectivity index (χ2v) is 4.57. The van der Waals surface area contributed by atoms with Crippen molar-refractivity contribution >= 4 is 0 Å². The third kappa shape index (κ3) is 1.29. The molecule has 2 saturated carbocycles. The van der Waals surface area contributed by atoms with Gasteiger partial charge >= 0.3 is 5.69 Å². The number of hydrogen-bond donors (Lipinski definition) is 1. The molecule has 0 atom stereocenters. The lowest BCUT2D eigenvalue weighted by Gasteiger charge is -2.24. The van der Waals surface area contributed by atoms with Gasteiger partial charge in [-0.2, -0.15) is 5.10 Å². The highest BCUT2D eigenvalue weighted by molar-refractivity contribution is 5.01. The van der Waals surface area contributed by atoms with Crippen LogP contribution in [0.1, 0.15) is 43.8 Å². The summed E-state index contributed by atoms with van der Waals surface area (Å²) >= 11 is 0. The maximum atomic E-state index is 11.5. The summed E-state index contributed by atoms with van der Waals surface area (Å²) in [4.78, 5) is 11.5. The first-order valence-corrected chi connectivity index (χ1v) is 5.49. The van der Waals surface area contributed by atoms with E-state index in [1.165, 1.54) is 32.1 Å². The quantitative estimate of drug-likeness (QED) is 0.785. The molecule has 2 aliphatic carbocycles. The molecule has 76 valence electrons. The Hall–Kier alpha value is -1.06.